The summed E-state index contributed by atoms with van der Waals surface area (Å²) in [7, 11) is -3.76. The zero-order chi connectivity index (χ0) is 21.7. The summed E-state index contributed by atoms with van der Waals surface area (Å²) >= 11 is 0. The van der Waals surface area contributed by atoms with Crippen LogP contribution in [0, 0.1) is 17.7 Å². The van der Waals surface area contributed by atoms with Gasteiger partial charge in [-0.25, -0.2) is 12.8 Å². The minimum absolute atomic E-state index is 0.0481. The van der Waals surface area contributed by atoms with E-state index in [9.17, 15) is 17.6 Å². The van der Waals surface area contributed by atoms with E-state index in [0.29, 0.717) is 25.3 Å². The first-order valence-corrected chi connectivity index (χ1v) is 11.8. The standard InChI is InChI=1S/C23H29FN2O3S/c1-17(2)15-22(18-7-4-3-5-8-18)25-23(27)19-9-6-14-26(16-19)30(28,29)21-12-10-20(24)11-13-21/h3-5,7-8,10-13,17,19,22H,6,9,14-16H2,1-2H3,(H,25,27)/t19-,22-/m0/s1. The van der Waals surface area contributed by atoms with Crippen LogP contribution in [0.2, 0.25) is 0 Å². The van der Waals surface area contributed by atoms with Crippen LogP contribution in [0.15, 0.2) is 59.5 Å². The Labute approximate surface area is 178 Å². The zero-order valence-electron chi connectivity index (χ0n) is 17.4. The SMILES string of the molecule is CC(C)C[C@H](NC(=O)[C@H]1CCCN(S(=O)(=O)c2ccc(F)cc2)C1)c1ccccc1. The highest BCUT2D eigenvalue weighted by molar-refractivity contribution is 7.89. The first-order valence-electron chi connectivity index (χ1n) is 10.4. The van der Waals surface area contributed by atoms with Crippen molar-refractivity contribution in [1.29, 1.82) is 0 Å². The monoisotopic (exact) mass is 432 g/mol. The Hall–Kier alpha value is -2.25. The van der Waals surface area contributed by atoms with Gasteiger partial charge in [0.05, 0.1) is 16.9 Å². The van der Waals surface area contributed by atoms with Crippen molar-refractivity contribution in [3.63, 3.8) is 0 Å². The van der Waals surface area contributed by atoms with Crippen LogP contribution >= 0.6 is 0 Å². The molecule has 3 rings (SSSR count). The lowest BCUT2D eigenvalue weighted by Gasteiger charge is -2.32. The zero-order valence-corrected chi connectivity index (χ0v) is 18.2. The van der Waals surface area contributed by atoms with Gasteiger partial charge in [-0.05, 0) is 55.0 Å². The maximum atomic E-state index is 13.2. The number of hydrogen-bond acceptors (Lipinski definition) is 3. The molecule has 7 heteroatoms. The fourth-order valence-electron chi connectivity index (χ4n) is 3.86. The molecular formula is C23H29FN2O3S. The van der Waals surface area contributed by atoms with E-state index in [2.05, 4.69) is 19.2 Å². The quantitative estimate of drug-likeness (QED) is 0.715. The average Bonchev–Trinajstić information content (AvgIpc) is 2.74. The van der Waals surface area contributed by atoms with Crippen LogP contribution < -0.4 is 5.32 Å². The number of nitrogens with zero attached hydrogens (tertiary/aromatic N) is 1. The Balaban J connectivity index is 1.72. The number of benzene rings is 2. The average molecular weight is 433 g/mol. The molecule has 1 heterocycles. The summed E-state index contributed by atoms with van der Waals surface area (Å²) < 4.78 is 40.4. The molecule has 162 valence electrons. The Kier molecular flexibility index (Phi) is 7.26. The second kappa shape index (κ2) is 9.71. The fourth-order valence-corrected chi connectivity index (χ4v) is 5.38. The molecule has 2 aromatic rings. The van der Waals surface area contributed by atoms with Crippen molar-refractivity contribution < 1.29 is 17.6 Å². The van der Waals surface area contributed by atoms with Crippen LogP contribution in [0.1, 0.15) is 44.7 Å². The van der Waals surface area contributed by atoms with Gasteiger partial charge in [0, 0.05) is 13.1 Å². The minimum Gasteiger partial charge on any atom is -0.349 e. The Bertz CT molecular complexity index is 946. The molecule has 1 saturated heterocycles. The topological polar surface area (TPSA) is 66.5 Å². The van der Waals surface area contributed by atoms with Crippen molar-refractivity contribution in [2.75, 3.05) is 13.1 Å². The minimum atomic E-state index is -3.76. The van der Waals surface area contributed by atoms with Crippen molar-refractivity contribution in [3.05, 3.63) is 66.0 Å². The molecule has 0 aromatic heterocycles. The van der Waals surface area contributed by atoms with Gasteiger partial charge < -0.3 is 5.32 Å². The van der Waals surface area contributed by atoms with E-state index in [1.165, 1.54) is 16.4 Å². The molecule has 0 aliphatic carbocycles. The molecule has 0 spiro atoms. The molecule has 0 unspecified atom stereocenters. The molecule has 30 heavy (non-hydrogen) atoms. The van der Waals surface area contributed by atoms with Gasteiger partial charge in [0.1, 0.15) is 5.82 Å². The highest BCUT2D eigenvalue weighted by Crippen LogP contribution is 2.26. The number of sulfonamides is 1. The summed E-state index contributed by atoms with van der Waals surface area (Å²) in [6.45, 7) is 4.71. The maximum Gasteiger partial charge on any atom is 0.243 e. The Morgan fingerprint density at radius 3 is 2.43 bits per heavy atom. The normalized spacial score (nSPS) is 18.9. The molecule has 0 bridgehead atoms. The molecule has 1 N–H and O–H groups in total. The van der Waals surface area contributed by atoms with Gasteiger partial charge >= 0.3 is 0 Å². The fraction of sp³-hybridized carbons (Fsp3) is 0.435. The van der Waals surface area contributed by atoms with E-state index in [0.717, 1.165) is 24.1 Å². The van der Waals surface area contributed by atoms with Gasteiger partial charge in [-0.2, -0.15) is 4.31 Å². The number of halogens is 1. The largest absolute Gasteiger partial charge is 0.349 e. The maximum absolute atomic E-state index is 13.2. The number of carbonyl (C=O) groups excluding carboxylic acids is 1. The summed E-state index contributed by atoms with van der Waals surface area (Å²) in [6.07, 6.45) is 2.06. The van der Waals surface area contributed by atoms with Crippen LogP contribution in [0.4, 0.5) is 4.39 Å². The lowest BCUT2D eigenvalue weighted by Crippen LogP contribution is -2.46. The van der Waals surface area contributed by atoms with Crippen LogP contribution in [0.25, 0.3) is 0 Å². The van der Waals surface area contributed by atoms with Crippen molar-refractivity contribution >= 4 is 15.9 Å². The van der Waals surface area contributed by atoms with Crippen LogP contribution in [-0.4, -0.2) is 31.7 Å². The van der Waals surface area contributed by atoms with Crippen molar-refractivity contribution in [1.82, 2.24) is 9.62 Å². The number of rotatable bonds is 7. The van der Waals surface area contributed by atoms with Gasteiger partial charge in [0.2, 0.25) is 15.9 Å². The summed E-state index contributed by atoms with van der Waals surface area (Å²) in [6, 6.07) is 14.5. The van der Waals surface area contributed by atoms with Gasteiger partial charge in [-0.15, -0.1) is 0 Å². The van der Waals surface area contributed by atoms with Gasteiger partial charge in [0.25, 0.3) is 0 Å². The molecule has 2 aromatic carbocycles. The van der Waals surface area contributed by atoms with Crippen LogP contribution in [-0.2, 0) is 14.8 Å². The molecular weight excluding hydrogens is 403 g/mol. The van der Waals surface area contributed by atoms with E-state index in [4.69, 9.17) is 0 Å². The lowest BCUT2D eigenvalue weighted by atomic mass is 9.94. The number of amides is 1. The van der Waals surface area contributed by atoms with Crippen molar-refractivity contribution in [3.8, 4) is 0 Å². The van der Waals surface area contributed by atoms with Crippen LogP contribution in [0.3, 0.4) is 0 Å². The lowest BCUT2D eigenvalue weighted by molar-refractivity contribution is -0.127. The second-order valence-electron chi connectivity index (χ2n) is 8.26. The molecule has 5 nitrogen and oxygen atoms in total. The summed E-state index contributed by atoms with van der Waals surface area (Å²) in [4.78, 5) is 13.1. The summed E-state index contributed by atoms with van der Waals surface area (Å²) in [5.74, 6) is -0.616. The predicted octanol–water partition coefficient (Wildman–Crippen LogP) is 4.13. The first-order chi connectivity index (χ1) is 14.3. The van der Waals surface area contributed by atoms with Gasteiger partial charge in [-0.3, -0.25) is 4.79 Å². The van der Waals surface area contributed by atoms with E-state index in [1.807, 2.05) is 30.3 Å². The van der Waals surface area contributed by atoms with Crippen LogP contribution in [0.5, 0.6) is 0 Å². The van der Waals surface area contributed by atoms with E-state index < -0.39 is 21.8 Å². The number of hydrogen-bond donors (Lipinski definition) is 1. The van der Waals surface area contributed by atoms with E-state index in [1.54, 1.807) is 0 Å². The first kappa shape index (κ1) is 22.4. The molecule has 0 radical (unpaired) electrons. The third-order valence-electron chi connectivity index (χ3n) is 5.43. The number of nitrogens with one attached hydrogen (secondary N) is 1. The summed E-state index contributed by atoms with van der Waals surface area (Å²) in [5, 5.41) is 3.14. The number of carbonyl (C=O) groups is 1. The van der Waals surface area contributed by atoms with Crippen molar-refractivity contribution in [2.45, 2.75) is 44.0 Å². The van der Waals surface area contributed by atoms with E-state index in [-0.39, 0.29) is 23.4 Å². The molecule has 1 amide bonds. The predicted molar refractivity (Wildman–Crippen MR) is 115 cm³/mol. The van der Waals surface area contributed by atoms with Crippen molar-refractivity contribution in [2.24, 2.45) is 11.8 Å². The molecule has 2 atom stereocenters. The highest BCUT2D eigenvalue weighted by atomic mass is 32.2. The molecule has 1 aliphatic heterocycles. The van der Waals surface area contributed by atoms with Gasteiger partial charge in [0.15, 0.2) is 0 Å². The highest BCUT2D eigenvalue weighted by Gasteiger charge is 2.34. The Morgan fingerprint density at radius 2 is 1.80 bits per heavy atom. The second-order valence-corrected chi connectivity index (χ2v) is 10.2. The van der Waals surface area contributed by atoms with E-state index >= 15 is 0 Å². The smallest absolute Gasteiger partial charge is 0.243 e. The number of piperidine rings is 1. The molecule has 0 saturated carbocycles. The summed E-state index contributed by atoms with van der Waals surface area (Å²) in [5.41, 5.74) is 1.05. The molecule has 1 aliphatic rings. The Morgan fingerprint density at radius 1 is 1.13 bits per heavy atom. The molecule has 1 fully saturated rings. The van der Waals surface area contributed by atoms with Gasteiger partial charge in [-0.1, -0.05) is 44.2 Å². The third kappa shape index (κ3) is 5.46. The third-order valence-corrected chi connectivity index (χ3v) is 7.31.